The highest BCUT2D eigenvalue weighted by Gasteiger charge is 2.52. The molecule has 1 saturated carbocycles. The van der Waals surface area contributed by atoms with Gasteiger partial charge in [0.1, 0.15) is 5.54 Å². The molecule has 0 radical (unpaired) electrons. The Labute approximate surface area is 125 Å². The van der Waals surface area contributed by atoms with Gasteiger partial charge < -0.3 is 10.2 Å². The van der Waals surface area contributed by atoms with Gasteiger partial charge in [0.25, 0.3) is 0 Å². The molecule has 1 saturated heterocycles. The van der Waals surface area contributed by atoms with Crippen molar-refractivity contribution in [1.29, 1.82) is 0 Å². The summed E-state index contributed by atoms with van der Waals surface area (Å²) in [7, 11) is 0. The lowest BCUT2D eigenvalue weighted by Gasteiger charge is -2.40. The van der Waals surface area contributed by atoms with Gasteiger partial charge in [0.2, 0.25) is 11.8 Å². The molecule has 0 aromatic heterocycles. The fraction of sp³-hybridized carbons (Fsp3) is 0.529. The van der Waals surface area contributed by atoms with E-state index in [0.29, 0.717) is 12.5 Å². The normalized spacial score (nSPS) is 25.9. The quantitative estimate of drug-likeness (QED) is 0.918. The second kappa shape index (κ2) is 5.17. The van der Waals surface area contributed by atoms with E-state index in [1.165, 1.54) is 5.56 Å². The highest BCUT2D eigenvalue weighted by Crippen LogP contribution is 2.41. The number of nitrogens with zero attached hydrogens (tertiary/aromatic N) is 1. The largest absolute Gasteiger partial charge is 0.340 e. The van der Waals surface area contributed by atoms with Crippen LogP contribution in [0.4, 0.5) is 0 Å². The van der Waals surface area contributed by atoms with Gasteiger partial charge in [-0.3, -0.25) is 9.59 Å². The van der Waals surface area contributed by atoms with Crippen molar-refractivity contribution in [3.8, 4) is 0 Å². The van der Waals surface area contributed by atoms with Crippen molar-refractivity contribution in [2.75, 3.05) is 6.54 Å². The van der Waals surface area contributed by atoms with Crippen LogP contribution >= 0.6 is 0 Å². The Morgan fingerprint density at radius 3 is 2.38 bits per heavy atom. The van der Waals surface area contributed by atoms with Gasteiger partial charge in [-0.2, -0.15) is 0 Å². The standard InChI is InChI=1S/C17H22N2O2/c1-3-12-4-6-13(7-5-12)10-19-11-15(20)18-17(2,16(19)21)14-8-9-14/h4-7,14H,3,8-11H2,1-2H3,(H,18,20). The predicted octanol–water partition coefficient (Wildman–Crippen LogP) is 1.88. The first-order chi connectivity index (χ1) is 10.0. The number of hydrogen-bond donors (Lipinski definition) is 1. The lowest BCUT2D eigenvalue weighted by molar-refractivity contribution is -0.150. The van der Waals surface area contributed by atoms with Crippen molar-refractivity contribution >= 4 is 11.8 Å². The Morgan fingerprint density at radius 1 is 1.19 bits per heavy atom. The van der Waals surface area contributed by atoms with Crippen LogP contribution in [-0.2, 0) is 22.6 Å². The Bertz CT molecular complexity index is 563. The van der Waals surface area contributed by atoms with E-state index in [2.05, 4.69) is 24.4 Å². The summed E-state index contributed by atoms with van der Waals surface area (Å²) < 4.78 is 0. The molecule has 2 amide bonds. The number of piperazine rings is 1. The molecule has 2 fully saturated rings. The molecule has 0 spiro atoms. The minimum absolute atomic E-state index is 0.0471. The van der Waals surface area contributed by atoms with Gasteiger partial charge in [-0.1, -0.05) is 31.2 Å². The van der Waals surface area contributed by atoms with Gasteiger partial charge in [-0.25, -0.2) is 0 Å². The number of benzene rings is 1. The lowest BCUT2D eigenvalue weighted by Crippen LogP contribution is -2.66. The van der Waals surface area contributed by atoms with Crippen molar-refractivity contribution < 1.29 is 9.59 Å². The van der Waals surface area contributed by atoms with Crippen LogP contribution in [0.2, 0.25) is 0 Å². The highest BCUT2D eigenvalue weighted by atomic mass is 16.2. The third-order valence-corrected chi connectivity index (χ3v) is 4.66. The lowest BCUT2D eigenvalue weighted by atomic mass is 9.91. The summed E-state index contributed by atoms with van der Waals surface area (Å²) in [6.07, 6.45) is 3.06. The summed E-state index contributed by atoms with van der Waals surface area (Å²) in [5, 5.41) is 2.91. The highest BCUT2D eigenvalue weighted by molar-refractivity contribution is 5.98. The summed E-state index contributed by atoms with van der Waals surface area (Å²) >= 11 is 0. The average Bonchev–Trinajstić information content (AvgIpc) is 3.30. The first-order valence-corrected chi connectivity index (χ1v) is 7.71. The molecule has 1 heterocycles. The molecule has 1 atom stereocenters. The zero-order valence-electron chi connectivity index (χ0n) is 12.7. The van der Waals surface area contributed by atoms with Crippen LogP contribution in [0.15, 0.2) is 24.3 Å². The van der Waals surface area contributed by atoms with Crippen LogP contribution in [0, 0.1) is 5.92 Å². The average molecular weight is 286 g/mol. The first kappa shape index (κ1) is 14.1. The number of hydrogen-bond acceptors (Lipinski definition) is 2. The van der Waals surface area contributed by atoms with Crippen LogP contribution in [0.5, 0.6) is 0 Å². The number of amides is 2. The van der Waals surface area contributed by atoms with Crippen LogP contribution in [0.1, 0.15) is 37.8 Å². The summed E-state index contributed by atoms with van der Waals surface area (Å²) in [6.45, 7) is 4.67. The summed E-state index contributed by atoms with van der Waals surface area (Å²) in [5.74, 6) is 0.317. The van der Waals surface area contributed by atoms with Crippen LogP contribution in [0.25, 0.3) is 0 Å². The summed E-state index contributed by atoms with van der Waals surface area (Å²) in [4.78, 5) is 26.4. The monoisotopic (exact) mass is 286 g/mol. The molecule has 1 aromatic rings. The van der Waals surface area contributed by atoms with Gasteiger partial charge in [-0.15, -0.1) is 0 Å². The van der Waals surface area contributed by atoms with Crippen molar-refractivity contribution in [1.82, 2.24) is 10.2 Å². The number of carbonyl (C=O) groups is 2. The zero-order chi connectivity index (χ0) is 15.0. The van der Waals surface area contributed by atoms with Crippen molar-refractivity contribution in [3.63, 3.8) is 0 Å². The van der Waals surface area contributed by atoms with E-state index in [4.69, 9.17) is 0 Å². The number of nitrogens with one attached hydrogen (secondary N) is 1. The second-order valence-electron chi connectivity index (χ2n) is 6.36. The maximum absolute atomic E-state index is 12.7. The molecule has 21 heavy (non-hydrogen) atoms. The molecule has 112 valence electrons. The van der Waals surface area contributed by atoms with Gasteiger partial charge >= 0.3 is 0 Å². The van der Waals surface area contributed by atoms with E-state index < -0.39 is 5.54 Å². The van der Waals surface area contributed by atoms with Gasteiger partial charge in [0.15, 0.2) is 0 Å². The van der Waals surface area contributed by atoms with Gasteiger partial charge in [0, 0.05) is 6.54 Å². The molecule has 1 aromatic carbocycles. The third kappa shape index (κ3) is 2.67. The van der Waals surface area contributed by atoms with Gasteiger partial charge in [0.05, 0.1) is 6.54 Å². The van der Waals surface area contributed by atoms with Crippen molar-refractivity contribution in [3.05, 3.63) is 35.4 Å². The Balaban J connectivity index is 1.76. The molecule has 1 N–H and O–H groups in total. The van der Waals surface area contributed by atoms with E-state index in [0.717, 1.165) is 24.8 Å². The van der Waals surface area contributed by atoms with Crippen molar-refractivity contribution in [2.45, 2.75) is 45.2 Å². The molecule has 3 rings (SSSR count). The zero-order valence-corrected chi connectivity index (χ0v) is 12.7. The van der Waals surface area contributed by atoms with Crippen LogP contribution < -0.4 is 5.32 Å². The Hall–Kier alpha value is -1.84. The molecule has 1 aliphatic carbocycles. The minimum Gasteiger partial charge on any atom is -0.340 e. The van der Waals surface area contributed by atoms with E-state index in [1.807, 2.05) is 19.1 Å². The molecule has 1 unspecified atom stereocenters. The summed E-state index contributed by atoms with van der Waals surface area (Å²) in [5.41, 5.74) is 1.66. The fourth-order valence-corrected chi connectivity index (χ4v) is 3.12. The van der Waals surface area contributed by atoms with Crippen LogP contribution in [0.3, 0.4) is 0 Å². The maximum atomic E-state index is 12.7. The van der Waals surface area contributed by atoms with E-state index in [-0.39, 0.29) is 18.4 Å². The SMILES string of the molecule is CCc1ccc(CN2CC(=O)NC(C)(C3CC3)C2=O)cc1. The first-order valence-electron chi connectivity index (χ1n) is 7.71. The molecule has 4 nitrogen and oxygen atoms in total. The maximum Gasteiger partial charge on any atom is 0.249 e. The number of rotatable bonds is 4. The fourth-order valence-electron chi connectivity index (χ4n) is 3.12. The Morgan fingerprint density at radius 2 is 1.81 bits per heavy atom. The molecule has 4 heteroatoms. The minimum atomic E-state index is -0.696. The summed E-state index contributed by atoms with van der Waals surface area (Å²) in [6, 6.07) is 8.27. The smallest absolute Gasteiger partial charge is 0.249 e. The molecule has 1 aliphatic heterocycles. The number of aryl methyl sites for hydroxylation is 1. The van der Waals surface area contributed by atoms with E-state index in [9.17, 15) is 9.59 Å². The Kier molecular flexibility index (Phi) is 3.47. The van der Waals surface area contributed by atoms with E-state index in [1.54, 1.807) is 4.90 Å². The molecular formula is C17H22N2O2. The number of carbonyl (C=O) groups excluding carboxylic acids is 2. The molecule has 2 aliphatic rings. The van der Waals surface area contributed by atoms with E-state index >= 15 is 0 Å². The third-order valence-electron chi connectivity index (χ3n) is 4.66. The van der Waals surface area contributed by atoms with Crippen molar-refractivity contribution in [2.24, 2.45) is 5.92 Å². The molecular weight excluding hydrogens is 264 g/mol. The molecule has 0 bridgehead atoms. The van der Waals surface area contributed by atoms with Crippen LogP contribution in [-0.4, -0.2) is 28.8 Å². The topological polar surface area (TPSA) is 49.4 Å². The predicted molar refractivity (Wildman–Crippen MR) is 80.5 cm³/mol. The van der Waals surface area contributed by atoms with Gasteiger partial charge in [-0.05, 0) is 43.2 Å². The second-order valence-corrected chi connectivity index (χ2v) is 6.36.